The van der Waals surface area contributed by atoms with Crippen molar-refractivity contribution in [3.63, 3.8) is 0 Å². The van der Waals surface area contributed by atoms with Crippen LogP contribution in [0.5, 0.6) is 0 Å². The normalized spacial score (nSPS) is 25.3. The van der Waals surface area contributed by atoms with Gasteiger partial charge in [-0.1, -0.05) is 12.2 Å². The van der Waals surface area contributed by atoms with Crippen LogP contribution in [0.1, 0.15) is 0 Å². The van der Waals surface area contributed by atoms with E-state index in [0.717, 1.165) is 0 Å². The number of phosphoric acid groups is 1. The standard InChI is InChI=1S/C3HO4PS/c4-8-5-2(1-9)3(6-8)7-8/h1H. The van der Waals surface area contributed by atoms with Gasteiger partial charge in [0.25, 0.3) is 0 Å². The summed E-state index contributed by atoms with van der Waals surface area (Å²) in [7, 11) is -3.14. The van der Waals surface area contributed by atoms with Crippen LogP contribution in [0.25, 0.3) is 0 Å². The molecule has 1 fully saturated rings. The van der Waals surface area contributed by atoms with Crippen molar-refractivity contribution in [2.75, 3.05) is 0 Å². The van der Waals surface area contributed by atoms with Gasteiger partial charge < -0.3 is 13.6 Å². The SMILES string of the molecule is O=P12OC(C=S)=C(O1)O2. The van der Waals surface area contributed by atoms with Gasteiger partial charge in [-0.15, -0.1) is 0 Å². The molecule has 0 amide bonds. The van der Waals surface area contributed by atoms with Crippen LogP contribution < -0.4 is 0 Å². The van der Waals surface area contributed by atoms with E-state index < -0.39 is 7.82 Å². The Morgan fingerprint density at radius 3 is 2.33 bits per heavy atom. The van der Waals surface area contributed by atoms with Crippen molar-refractivity contribution in [1.82, 2.24) is 0 Å². The molecule has 2 bridgehead atoms. The Morgan fingerprint density at radius 1 is 1.44 bits per heavy atom. The van der Waals surface area contributed by atoms with Gasteiger partial charge in [-0.25, -0.2) is 0 Å². The Morgan fingerprint density at radius 2 is 2.11 bits per heavy atom. The zero-order valence-corrected chi connectivity index (χ0v) is 5.78. The first-order valence-electron chi connectivity index (χ1n) is 2.12. The molecule has 0 aromatic carbocycles. The fourth-order valence-corrected chi connectivity index (χ4v) is 1.82. The molecule has 48 valence electrons. The molecule has 0 aromatic heterocycles. The third-order valence-electron chi connectivity index (χ3n) is 0.908. The summed E-state index contributed by atoms with van der Waals surface area (Å²) in [6.45, 7) is 0. The smallest absolute Gasteiger partial charge is 0.377 e. The molecule has 0 unspecified atom stereocenters. The lowest BCUT2D eigenvalue weighted by Gasteiger charge is -2.15. The van der Waals surface area contributed by atoms with Crippen molar-refractivity contribution in [3.05, 3.63) is 11.7 Å². The fourth-order valence-electron chi connectivity index (χ4n) is 0.565. The largest absolute Gasteiger partial charge is 0.652 e. The Balaban J connectivity index is 2.41. The van der Waals surface area contributed by atoms with E-state index in [0.29, 0.717) is 0 Å². The van der Waals surface area contributed by atoms with Gasteiger partial charge in [-0.3, -0.25) is 0 Å². The molecule has 0 N–H and O–H groups in total. The fraction of sp³-hybridized carbons (Fsp3) is 0. The monoisotopic (exact) mass is 164 g/mol. The minimum Gasteiger partial charge on any atom is -0.377 e. The number of phosphoric ester groups is 1. The zero-order valence-electron chi connectivity index (χ0n) is 4.07. The van der Waals surface area contributed by atoms with Crippen molar-refractivity contribution in [2.24, 2.45) is 0 Å². The molecule has 0 atom stereocenters. The van der Waals surface area contributed by atoms with E-state index in [1.165, 1.54) is 5.37 Å². The number of thiocarbonyl (C=S) groups is 1. The van der Waals surface area contributed by atoms with Crippen LogP contribution in [0.3, 0.4) is 0 Å². The van der Waals surface area contributed by atoms with Crippen LogP contribution >= 0.6 is 20.0 Å². The van der Waals surface area contributed by atoms with Crippen molar-refractivity contribution in [2.45, 2.75) is 0 Å². The molecule has 9 heavy (non-hydrogen) atoms. The first-order valence-corrected chi connectivity index (χ1v) is 4.05. The van der Waals surface area contributed by atoms with E-state index in [1.54, 1.807) is 0 Å². The number of allylic oxidation sites excluding steroid dienone is 1. The maximum Gasteiger partial charge on any atom is 0.652 e. The summed E-state index contributed by atoms with van der Waals surface area (Å²) in [6.07, 6.45) is 0. The van der Waals surface area contributed by atoms with E-state index in [1.807, 2.05) is 0 Å². The average molecular weight is 164 g/mol. The summed E-state index contributed by atoms with van der Waals surface area (Å²) >= 11 is 4.48. The second-order valence-corrected chi connectivity index (χ2v) is 3.17. The lowest BCUT2D eigenvalue weighted by atomic mass is 10.6. The van der Waals surface area contributed by atoms with Gasteiger partial charge in [0.05, 0.1) is 5.37 Å². The second-order valence-electron chi connectivity index (χ2n) is 1.49. The van der Waals surface area contributed by atoms with E-state index >= 15 is 0 Å². The van der Waals surface area contributed by atoms with Gasteiger partial charge in [-0.05, 0) is 0 Å². The molecule has 3 aliphatic heterocycles. The molecular formula is C3HO4PS. The van der Waals surface area contributed by atoms with Crippen LogP contribution in [0, 0.1) is 0 Å². The van der Waals surface area contributed by atoms with Gasteiger partial charge in [0.15, 0.2) is 0 Å². The summed E-state index contributed by atoms with van der Waals surface area (Å²) in [5, 5.41) is 1.22. The third-order valence-corrected chi connectivity index (χ3v) is 2.32. The highest BCUT2D eigenvalue weighted by atomic mass is 32.1. The summed E-state index contributed by atoms with van der Waals surface area (Å²) in [4.78, 5) is 0. The molecule has 0 aromatic rings. The van der Waals surface area contributed by atoms with Crippen molar-refractivity contribution >= 4 is 25.4 Å². The van der Waals surface area contributed by atoms with Crippen LogP contribution in [0.15, 0.2) is 11.7 Å². The van der Waals surface area contributed by atoms with Gasteiger partial charge in [0, 0.05) is 0 Å². The molecule has 3 heterocycles. The molecule has 4 nitrogen and oxygen atoms in total. The average Bonchev–Trinajstić information content (AvgIpc) is 2.18. The number of hydrogen-bond donors (Lipinski definition) is 0. The van der Waals surface area contributed by atoms with Crippen molar-refractivity contribution in [1.29, 1.82) is 0 Å². The van der Waals surface area contributed by atoms with Crippen LogP contribution in [-0.2, 0) is 18.1 Å². The van der Waals surface area contributed by atoms with Gasteiger partial charge in [0.2, 0.25) is 5.76 Å². The maximum atomic E-state index is 10.7. The molecule has 6 heteroatoms. The highest BCUT2D eigenvalue weighted by molar-refractivity contribution is 7.79. The van der Waals surface area contributed by atoms with E-state index in [9.17, 15) is 4.57 Å². The molecule has 0 saturated carbocycles. The number of fused-ring (bicyclic) bond motifs is 1. The van der Waals surface area contributed by atoms with Gasteiger partial charge >= 0.3 is 13.8 Å². The highest BCUT2D eigenvalue weighted by Crippen LogP contribution is 2.69. The molecule has 0 aliphatic carbocycles. The van der Waals surface area contributed by atoms with E-state index in [4.69, 9.17) is 0 Å². The van der Waals surface area contributed by atoms with E-state index in [-0.39, 0.29) is 11.7 Å². The lowest BCUT2D eigenvalue weighted by molar-refractivity contribution is 0.0985. The first-order chi connectivity index (χ1) is 4.23. The minimum absolute atomic E-state index is 0.147. The summed E-state index contributed by atoms with van der Waals surface area (Å²) in [6, 6.07) is 0. The van der Waals surface area contributed by atoms with Gasteiger partial charge in [-0.2, -0.15) is 4.57 Å². The molecular weight excluding hydrogens is 163 g/mol. The van der Waals surface area contributed by atoms with Crippen molar-refractivity contribution < 1.29 is 18.1 Å². The highest BCUT2D eigenvalue weighted by Gasteiger charge is 2.55. The van der Waals surface area contributed by atoms with Crippen LogP contribution in [-0.4, -0.2) is 5.37 Å². The first kappa shape index (κ1) is 5.26. The number of hydrogen-bond acceptors (Lipinski definition) is 5. The van der Waals surface area contributed by atoms with Crippen LogP contribution in [0.4, 0.5) is 0 Å². The maximum absolute atomic E-state index is 10.7. The summed E-state index contributed by atoms with van der Waals surface area (Å²) < 4.78 is 24.3. The quantitative estimate of drug-likeness (QED) is 0.432. The minimum atomic E-state index is -3.14. The Bertz CT molecular complexity index is 245. The predicted octanol–water partition coefficient (Wildman–Crippen LogP) is 1.34. The molecule has 3 rings (SSSR count). The predicted molar refractivity (Wildman–Crippen MR) is 31.5 cm³/mol. The van der Waals surface area contributed by atoms with Crippen molar-refractivity contribution in [3.8, 4) is 0 Å². The Labute approximate surface area is 56.0 Å². The van der Waals surface area contributed by atoms with E-state index in [2.05, 4.69) is 25.8 Å². The topological polar surface area (TPSA) is 44.8 Å². The molecule has 0 radical (unpaired) electrons. The van der Waals surface area contributed by atoms with Gasteiger partial charge in [0.1, 0.15) is 0 Å². The lowest BCUT2D eigenvalue weighted by Crippen LogP contribution is -1.99. The molecule has 1 saturated heterocycles. The Hall–Kier alpha value is -0.540. The zero-order chi connectivity index (χ0) is 6.48. The third kappa shape index (κ3) is 0.531. The summed E-state index contributed by atoms with van der Waals surface area (Å²) in [5.74, 6) is 0.404. The Kier molecular flexibility index (Phi) is 0.761. The number of rotatable bonds is 1. The molecule has 3 aliphatic rings. The second kappa shape index (κ2) is 1.30. The van der Waals surface area contributed by atoms with Crippen LogP contribution in [0.2, 0.25) is 0 Å². The summed E-state index contributed by atoms with van der Waals surface area (Å²) in [5.41, 5.74) is 0. The molecule has 0 spiro atoms.